The summed E-state index contributed by atoms with van der Waals surface area (Å²) in [5.74, 6) is 0. The Kier molecular flexibility index (Phi) is 6.10. The van der Waals surface area contributed by atoms with Crippen molar-refractivity contribution >= 4 is 0 Å². The van der Waals surface area contributed by atoms with E-state index in [1.807, 2.05) is 0 Å². The largest absolute Gasteiger partial charge is 0.395 e. The molecule has 0 saturated carbocycles. The van der Waals surface area contributed by atoms with E-state index in [2.05, 4.69) is 0 Å². The van der Waals surface area contributed by atoms with Crippen LogP contribution in [0.25, 0.3) is 0 Å². The monoisotopic (exact) mass is 197 g/mol. The molecule has 0 heterocycles. The van der Waals surface area contributed by atoms with Crippen molar-refractivity contribution in [3.63, 3.8) is 0 Å². The molecule has 6 heteroatoms. The lowest BCUT2D eigenvalue weighted by atomic mass is 10.1. The fraction of sp³-hybridized carbons (Fsp3) is 1.00. The molecule has 0 radical (unpaired) electrons. The Labute approximate surface area is 76.0 Å². The lowest BCUT2D eigenvalue weighted by molar-refractivity contribution is -0.0727. The van der Waals surface area contributed by atoms with Crippen molar-refractivity contribution in [3.8, 4) is 0 Å². The molecule has 0 saturated heterocycles. The highest BCUT2D eigenvalue weighted by atomic mass is 19.1. The highest BCUT2D eigenvalue weighted by molar-refractivity contribution is 4.80. The van der Waals surface area contributed by atoms with Gasteiger partial charge in [-0.25, -0.2) is 4.39 Å². The van der Waals surface area contributed by atoms with Gasteiger partial charge in [-0.05, 0) is 7.05 Å². The Bertz CT molecular complexity index is 138. The predicted molar refractivity (Wildman–Crippen MR) is 43.7 cm³/mol. The van der Waals surface area contributed by atoms with Crippen molar-refractivity contribution in [2.24, 2.45) is 0 Å². The van der Waals surface area contributed by atoms with E-state index in [1.54, 1.807) is 0 Å². The van der Waals surface area contributed by atoms with Crippen molar-refractivity contribution in [2.75, 3.05) is 27.1 Å². The predicted octanol–water partition coefficient (Wildman–Crippen LogP) is -2.08. The van der Waals surface area contributed by atoms with Crippen LogP contribution in [0.2, 0.25) is 0 Å². The summed E-state index contributed by atoms with van der Waals surface area (Å²) in [6.07, 6.45) is -2.73. The first-order valence-corrected chi connectivity index (χ1v) is 3.92. The van der Waals surface area contributed by atoms with Gasteiger partial charge in [-0.1, -0.05) is 0 Å². The first kappa shape index (κ1) is 12.7. The van der Waals surface area contributed by atoms with Gasteiger partial charge in [0.15, 0.2) is 0 Å². The van der Waals surface area contributed by atoms with Gasteiger partial charge in [-0.15, -0.1) is 0 Å². The molecule has 0 aromatic rings. The fourth-order valence-corrected chi connectivity index (χ4v) is 0.961. The van der Waals surface area contributed by atoms with Crippen molar-refractivity contribution in [2.45, 2.75) is 18.2 Å². The molecule has 0 rings (SSSR count). The van der Waals surface area contributed by atoms with Gasteiger partial charge in [0.05, 0.1) is 25.4 Å². The van der Waals surface area contributed by atoms with Crippen LogP contribution >= 0.6 is 0 Å². The first-order chi connectivity index (χ1) is 6.08. The van der Waals surface area contributed by atoms with E-state index >= 15 is 0 Å². The summed E-state index contributed by atoms with van der Waals surface area (Å²) < 4.78 is 12.1. The Morgan fingerprint density at radius 3 is 2.08 bits per heavy atom. The summed E-state index contributed by atoms with van der Waals surface area (Å²) in [4.78, 5) is 1.05. The minimum absolute atomic E-state index is 0.487. The van der Waals surface area contributed by atoms with Crippen LogP contribution in [0.5, 0.6) is 0 Å². The Morgan fingerprint density at radius 2 is 1.77 bits per heavy atom. The van der Waals surface area contributed by atoms with Gasteiger partial charge < -0.3 is 20.4 Å². The van der Waals surface area contributed by atoms with Gasteiger partial charge >= 0.3 is 0 Å². The SMILES string of the molecule is CN(CF)C(CO)C(O)[C@@H](O)CO. The maximum atomic E-state index is 12.1. The van der Waals surface area contributed by atoms with Gasteiger partial charge in [0.1, 0.15) is 12.9 Å². The molecule has 0 aliphatic heterocycles. The first-order valence-electron chi connectivity index (χ1n) is 3.92. The molecular weight excluding hydrogens is 181 g/mol. The summed E-state index contributed by atoms with van der Waals surface area (Å²) in [6, 6.07) is -0.910. The van der Waals surface area contributed by atoms with E-state index in [9.17, 15) is 9.50 Å². The molecule has 5 nitrogen and oxygen atoms in total. The smallest absolute Gasteiger partial charge is 0.143 e. The topological polar surface area (TPSA) is 84.2 Å². The maximum absolute atomic E-state index is 12.1. The third-order valence-electron chi connectivity index (χ3n) is 1.92. The molecule has 0 aliphatic carbocycles. The minimum Gasteiger partial charge on any atom is -0.395 e. The Balaban J connectivity index is 4.21. The Hall–Kier alpha value is -0.270. The molecule has 0 spiro atoms. The zero-order valence-electron chi connectivity index (χ0n) is 7.47. The van der Waals surface area contributed by atoms with E-state index in [0.29, 0.717) is 0 Å². The van der Waals surface area contributed by atoms with Crippen LogP contribution in [-0.2, 0) is 0 Å². The number of hydrogen-bond donors (Lipinski definition) is 4. The van der Waals surface area contributed by atoms with E-state index in [4.69, 9.17) is 15.3 Å². The van der Waals surface area contributed by atoms with Gasteiger partial charge in [0.25, 0.3) is 0 Å². The summed E-state index contributed by atoms with van der Waals surface area (Å²) in [5, 5.41) is 35.6. The lowest BCUT2D eigenvalue weighted by Gasteiger charge is -2.30. The molecule has 0 aliphatic rings. The number of rotatable bonds is 6. The standard InChI is InChI=1S/C7H16FNO4/c1-9(4-8)5(2-10)7(13)6(12)3-11/h5-7,10-13H,2-4H2,1H3/t5?,6-,7?/m0/s1. The fourth-order valence-electron chi connectivity index (χ4n) is 0.961. The second-order valence-corrected chi connectivity index (χ2v) is 2.87. The zero-order valence-corrected chi connectivity index (χ0v) is 7.47. The third-order valence-corrected chi connectivity index (χ3v) is 1.92. The van der Waals surface area contributed by atoms with E-state index in [1.165, 1.54) is 7.05 Å². The number of aliphatic hydroxyl groups is 4. The normalized spacial score (nSPS) is 18.7. The van der Waals surface area contributed by atoms with E-state index in [-0.39, 0.29) is 0 Å². The van der Waals surface area contributed by atoms with Gasteiger partial charge in [-0.3, -0.25) is 4.90 Å². The van der Waals surface area contributed by atoms with Crippen molar-refractivity contribution in [3.05, 3.63) is 0 Å². The molecule has 0 bridgehead atoms. The Morgan fingerprint density at radius 1 is 1.23 bits per heavy atom. The van der Waals surface area contributed by atoms with Gasteiger partial charge in [-0.2, -0.15) is 0 Å². The molecule has 0 fully saturated rings. The molecule has 0 aromatic heterocycles. The molecule has 3 atom stereocenters. The van der Waals surface area contributed by atoms with Crippen LogP contribution in [0, 0.1) is 0 Å². The van der Waals surface area contributed by atoms with Crippen molar-refractivity contribution in [1.82, 2.24) is 4.90 Å². The zero-order chi connectivity index (χ0) is 10.4. The van der Waals surface area contributed by atoms with Crippen LogP contribution in [0.4, 0.5) is 4.39 Å². The molecule has 0 aromatic carbocycles. The third kappa shape index (κ3) is 3.53. The molecule has 80 valence electrons. The number of nitrogens with zero attached hydrogens (tertiary/aromatic N) is 1. The summed E-state index contributed by atoms with van der Waals surface area (Å²) in [5.41, 5.74) is 0. The number of alkyl halides is 1. The van der Waals surface area contributed by atoms with E-state index in [0.717, 1.165) is 4.90 Å². The van der Waals surface area contributed by atoms with Crippen LogP contribution in [0.15, 0.2) is 0 Å². The highest BCUT2D eigenvalue weighted by Crippen LogP contribution is 2.06. The molecule has 2 unspecified atom stereocenters. The maximum Gasteiger partial charge on any atom is 0.143 e. The van der Waals surface area contributed by atoms with Crippen LogP contribution in [-0.4, -0.2) is 70.6 Å². The summed E-state index contributed by atoms with van der Waals surface area (Å²) in [6.45, 7) is -1.96. The molecule has 4 N–H and O–H groups in total. The lowest BCUT2D eigenvalue weighted by Crippen LogP contribution is -2.50. The van der Waals surface area contributed by atoms with Crippen molar-refractivity contribution in [1.29, 1.82) is 0 Å². The van der Waals surface area contributed by atoms with Crippen LogP contribution in [0.1, 0.15) is 0 Å². The minimum atomic E-state index is -1.37. The number of likely N-dealkylation sites (N-methyl/N-ethyl adjacent to an activating group) is 1. The van der Waals surface area contributed by atoms with Crippen LogP contribution < -0.4 is 0 Å². The quantitative estimate of drug-likeness (QED) is 0.367. The molecule has 13 heavy (non-hydrogen) atoms. The van der Waals surface area contributed by atoms with Crippen molar-refractivity contribution < 1.29 is 24.8 Å². The summed E-state index contributed by atoms with van der Waals surface area (Å²) >= 11 is 0. The average molecular weight is 197 g/mol. The molecule has 0 amide bonds. The van der Waals surface area contributed by atoms with Gasteiger partial charge in [0.2, 0.25) is 0 Å². The van der Waals surface area contributed by atoms with Gasteiger partial charge in [0, 0.05) is 0 Å². The van der Waals surface area contributed by atoms with Crippen LogP contribution in [0.3, 0.4) is 0 Å². The number of hydrogen-bond acceptors (Lipinski definition) is 5. The highest BCUT2D eigenvalue weighted by Gasteiger charge is 2.28. The second-order valence-electron chi connectivity index (χ2n) is 2.87. The number of halogens is 1. The average Bonchev–Trinajstić information content (AvgIpc) is 2.17. The second kappa shape index (κ2) is 6.22. The molecular formula is C7H16FNO4. The van der Waals surface area contributed by atoms with E-state index < -0.39 is 38.3 Å². The summed E-state index contributed by atoms with van der Waals surface area (Å²) in [7, 11) is 1.36. The number of aliphatic hydroxyl groups excluding tert-OH is 4.